The van der Waals surface area contributed by atoms with Crippen LogP contribution < -0.4 is 15.4 Å². The number of non-ortho nitro benzene ring substituents is 1. The molecule has 0 saturated carbocycles. The van der Waals surface area contributed by atoms with Gasteiger partial charge in [-0.3, -0.25) is 10.1 Å². The number of ether oxygens (including phenoxy) is 1. The minimum absolute atomic E-state index is 0.0116. The van der Waals surface area contributed by atoms with Gasteiger partial charge in [-0.2, -0.15) is 15.0 Å². The maximum atomic E-state index is 11.2. The van der Waals surface area contributed by atoms with Crippen LogP contribution in [0.25, 0.3) is 0 Å². The first-order valence-corrected chi connectivity index (χ1v) is 8.54. The van der Waals surface area contributed by atoms with Crippen LogP contribution >= 0.6 is 0 Å². The van der Waals surface area contributed by atoms with E-state index in [9.17, 15) is 10.1 Å². The van der Waals surface area contributed by atoms with Gasteiger partial charge in [-0.1, -0.05) is 30.3 Å². The van der Waals surface area contributed by atoms with Crippen LogP contribution in [0.4, 0.5) is 17.6 Å². The van der Waals surface area contributed by atoms with Crippen molar-refractivity contribution in [1.82, 2.24) is 15.0 Å². The fourth-order valence-electron chi connectivity index (χ4n) is 2.61. The third-order valence-corrected chi connectivity index (χ3v) is 3.94. The van der Waals surface area contributed by atoms with Gasteiger partial charge in [0.05, 0.1) is 4.92 Å². The highest BCUT2D eigenvalue weighted by Gasteiger charge is 2.14. The first kappa shape index (κ1) is 19.0. The lowest BCUT2D eigenvalue weighted by Crippen LogP contribution is -2.17. The molecule has 1 heterocycles. The Morgan fingerprint density at radius 1 is 1.11 bits per heavy atom. The smallest absolute Gasteiger partial charge is 0.269 e. The minimum atomic E-state index is -0.422. The second-order valence-electron chi connectivity index (χ2n) is 6.30. The van der Waals surface area contributed by atoms with Crippen LogP contribution in [0.3, 0.4) is 0 Å². The minimum Gasteiger partial charge on any atom is -0.485 e. The Labute approximate surface area is 162 Å². The number of anilines is 2. The molecule has 3 aromatic rings. The average molecular weight is 380 g/mol. The molecule has 0 saturated heterocycles. The summed E-state index contributed by atoms with van der Waals surface area (Å²) in [4.78, 5) is 24.9. The van der Waals surface area contributed by atoms with Gasteiger partial charge in [0.2, 0.25) is 11.9 Å². The molecule has 1 aromatic heterocycles. The van der Waals surface area contributed by atoms with E-state index in [1.807, 2.05) is 30.3 Å². The van der Waals surface area contributed by atoms with Crippen molar-refractivity contribution in [3.63, 3.8) is 0 Å². The van der Waals surface area contributed by atoms with Gasteiger partial charge in [0.1, 0.15) is 12.4 Å². The Kier molecular flexibility index (Phi) is 5.64. The summed E-state index contributed by atoms with van der Waals surface area (Å²) in [6, 6.07) is 14.2. The second-order valence-corrected chi connectivity index (χ2v) is 6.30. The van der Waals surface area contributed by atoms with Crippen LogP contribution in [0, 0.1) is 10.1 Å². The van der Waals surface area contributed by atoms with Crippen molar-refractivity contribution < 1.29 is 9.66 Å². The number of nitrogen functional groups attached to an aromatic ring is 1. The lowest BCUT2D eigenvalue weighted by molar-refractivity contribution is -0.384. The highest BCUT2D eigenvalue weighted by molar-refractivity contribution is 5.46. The molecule has 3 rings (SSSR count). The molecule has 0 bridgehead atoms. The molecular formula is C19H20N6O3. The van der Waals surface area contributed by atoms with Gasteiger partial charge in [-0.05, 0) is 11.6 Å². The third-order valence-electron chi connectivity index (χ3n) is 3.94. The first-order chi connectivity index (χ1) is 13.4. The van der Waals surface area contributed by atoms with E-state index in [2.05, 4.69) is 15.0 Å². The fourth-order valence-corrected chi connectivity index (χ4v) is 2.61. The van der Waals surface area contributed by atoms with E-state index in [1.165, 1.54) is 12.1 Å². The number of benzene rings is 2. The van der Waals surface area contributed by atoms with Crippen LogP contribution in [-0.2, 0) is 13.0 Å². The van der Waals surface area contributed by atoms with Crippen molar-refractivity contribution in [2.45, 2.75) is 13.0 Å². The molecule has 2 aromatic carbocycles. The number of nitro benzene ring substituents is 1. The lowest BCUT2D eigenvalue weighted by atomic mass is 10.0. The van der Waals surface area contributed by atoms with E-state index in [1.54, 1.807) is 25.1 Å². The molecular weight excluding hydrogens is 360 g/mol. The summed E-state index contributed by atoms with van der Waals surface area (Å²) in [5.41, 5.74) is 7.47. The molecule has 0 spiro atoms. The summed E-state index contributed by atoms with van der Waals surface area (Å²) in [5, 5.41) is 11.2. The average Bonchev–Trinajstić information content (AvgIpc) is 2.67. The molecule has 0 aliphatic heterocycles. The number of nitro groups is 1. The van der Waals surface area contributed by atoms with E-state index in [0.717, 1.165) is 5.56 Å². The summed E-state index contributed by atoms with van der Waals surface area (Å²) in [6.45, 7) is 0.0627. The molecule has 28 heavy (non-hydrogen) atoms. The molecule has 2 N–H and O–H groups in total. The molecule has 9 nitrogen and oxygen atoms in total. The Morgan fingerprint density at radius 2 is 1.86 bits per heavy atom. The highest BCUT2D eigenvalue weighted by Crippen LogP contribution is 2.27. The summed E-state index contributed by atoms with van der Waals surface area (Å²) in [6.07, 6.45) is 0.500. The summed E-state index contributed by atoms with van der Waals surface area (Å²) < 4.78 is 5.87. The number of nitrogens with two attached hydrogens (primary N) is 1. The van der Waals surface area contributed by atoms with Gasteiger partial charge >= 0.3 is 0 Å². The second kappa shape index (κ2) is 8.30. The summed E-state index contributed by atoms with van der Waals surface area (Å²) in [7, 11) is 3.60. The maximum Gasteiger partial charge on any atom is 0.269 e. The largest absolute Gasteiger partial charge is 0.485 e. The van der Waals surface area contributed by atoms with Crippen molar-refractivity contribution >= 4 is 17.6 Å². The monoisotopic (exact) mass is 380 g/mol. The van der Waals surface area contributed by atoms with Crippen molar-refractivity contribution in [3.8, 4) is 5.75 Å². The zero-order valence-electron chi connectivity index (χ0n) is 15.6. The molecule has 9 heteroatoms. The summed E-state index contributed by atoms with van der Waals surface area (Å²) >= 11 is 0. The van der Waals surface area contributed by atoms with Crippen molar-refractivity contribution in [2.24, 2.45) is 0 Å². The van der Waals surface area contributed by atoms with Crippen molar-refractivity contribution in [3.05, 3.63) is 75.6 Å². The van der Waals surface area contributed by atoms with Crippen LogP contribution in [0.2, 0.25) is 0 Å². The van der Waals surface area contributed by atoms with E-state index in [0.29, 0.717) is 29.5 Å². The fraction of sp³-hybridized carbons (Fsp3) is 0.211. The van der Waals surface area contributed by atoms with Crippen LogP contribution in [0.1, 0.15) is 17.0 Å². The normalized spacial score (nSPS) is 10.5. The van der Waals surface area contributed by atoms with E-state index < -0.39 is 4.92 Å². The molecule has 0 aliphatic carbocycles. The number of hydrogen-bond donors (Lipinski definition) is 1. The molecule has 0 amide bonds. The maximum absolute atomic E-state index is 11.2. The molecule has 0 atom stereocenters. The topological polar surface area (TPSA) is 120 Å². The zero-order valence-corrected chi connectivity index (χ0v) is 15.6. The third kappa shape index (κ3) is 4.70. The van der Waals surface area contributed by atoms with Gasteiger partial charge < -0.3 is 15.4 Å². The van der Waals surface area contributed by atoms with E-state index in [-0.39, 0.29) is 18.2 Å². The molecule has 0 fully saturated rings. The quantitative estimate of drug-likeness (QED) is 0.490. The van der Waals surface area contributed by atoms with Crippen LogP contribution in [0.5, 0.6) is 5.75 Å². The number of aromatic nitrogens is 3. The number of hydrogen-bond acceptors (Lipinski definition) is 8. The lowest BCUT2D eigenvalue weighted by Gasteiger charge is -2.13. The van der Waals surface area contributed by atoms with Gasteiger partial charge in [-0.25, -0.2) is 0 Å². The predicted molar refractivity (Wildman–Crippen MR) is 105 cm³/mol. The highest BCUT2D eigenvalue weighted by atomic mass is 16.6. The van der Waals surface area contributed by atoms with Gasteiger partial charge in [0, 0.05) is 38.2 Å². The Hall–Kier alpha value is -3.75. The molecule has 0 unspecified atom stereocenters. The number of rotatable bonds is 7. The van der Waals surface area contributed by atoms with Gasteiger partial charge in [0.15, 0.2) is 5.82 Å². The Morgan fingerprint density at radius 3 is 2.54 bits per heavy atom. The van der Waals surface area contributed by atoms with Crippen LogP contribution in [-0.4, -0.2) is 34.0 Å². The van der Waals surface area contributed by atoms with Gasteiger partial charge in [0.25, 0.3) is 5.69 Å². The van der Waals surface area contributed by atoms with Crippen molar-refractivity contribution in [2.75, 3.05) is 24.7 Å². The van der Waals surface area contributed by atoms with Crippen LogP contribution in [0.15, 0.2) is 48.5 Å². The first-order valence-electron chi connectivity index (χ1n) is 8.54. The number of nitrogens with zero attached hydrogens (tertiary/aromatic N) is 5. The predicted octanol–water partition coefficient (Wildman–Crippen LogP) is 2.60. The molecule has 0 radical (unpaired) electrons. The summed E-state index contributed by atoms with van der Waals surface area (Å²) in [5.74, 6) is 1.44. The van der Waals surface area contributed by atoms with Crippen molar-refractivity contribution in [1.29, 1.82) is 0 Å². The molecule has 0 aliphatic rings. The molecule has 144 valence electrons. The zero-order chi connectivity index (χ0) is 20.1. The van der Waals surface area contributed by atoms with E-state index in [4.69, 9.17) is 10.5 Å². The van der Waals surface area contributed by atoms with E-state index >= 15 is 0 Å². The Balaban J connectivity index is 1.86. The SMILES string of the molecule is CN(C)c1nc(N)nc(COc2ccc([N+](=O)[O-])cc2Cc2ccccc2)n1. The standard InChI is InChI=1S/C19H20N6O3/c1-24(2)19-22-17(21-18(20)23-19)12-28-16-9-8-15(25(26)27)11-14(16)10-13-6-4-3-5-7-13/h3-9,11H,10,12H2,1-2H3,(H2,20,21,22,23). The Bertz CT molecular complexity index is 979. The van der Waals surface area contributed by atoms with Gasteiger partial charge in [-0.15, -0.1) is 0 Å².